The number of amides is 2. The van der Waals surface area contributed by atoms with E-state index >= 15 is 0 Å². The molecule has 3 aromatic carbocycles. The molecule has 1 N–H and O–H groups in total. The lowest BCUT2D eigenvalue weighted by atomic mass is 9.85. The minimum Gasteiger partial charge on any atom is -0.497 e. The molecule has 188 valence electrons. The molecular weight excluding hydrogens is 466 g/mol. The summed E-state index contributed by atoms with van der Waals surface area (Å²) in [5, 5.41) is 1.07. The van der Waals surface area contributed by atoms with Gasteiger partial charge in [-0.05, 0) is 42.3 Å². The van der Waals surface area contributed by atoms with Gasteiger partial charge in [-0.25, -0.2) is 0 Å². The van der Waals surface area contributed by atoms with Gasteiger partial charge in [0, 0.05) is 28.6 Å². The molecule has 0 bridgehead atoms. The van der Waals surface area contributed by atoms with Crippen LogP contribution in [0.15, 0.2) is 72.8 Å². The number of aromatic nitrogens is 1. The van der Waals surface area contributed by atoms with E-state index in [4.69, 9.17) is 9.47 Å². The SMILES string of the molecule is COc1ccc(OC)c([C@H]2c3[nH]c4ccccc4c3C[C@H]3C(=O)N([C@@H](C)c4ccccc4)CC(=O)N23)c1. The van der Waals surface area contributed by atoms with Crippen molar-refractivity contribution in [3.05, 3.63) is 95.2 Å². The molecule has 2 amide bonds. The van der Waals surface area contributed by atoms with Crippen LogP contribution < -0.4 is 9.47 Å². The Kier molecular flexibility index (Phi) is 5.63. The van der Waals surface area contributed by atoms with Crippen LogP contribution in [0.2, 0.25) is 0 Å². The van der Waals surface area contributed by atoms with Crippen LogP contribution in [0.25, 0.3) is 10.9 Å². The van der Waals surface area contributed by atoms with E-state index in [9.17, 15) is 9.59 Å². The Morgan fingerprint density at radius 1 is 0.946 bits per heavy atom. The molecule has 2 aliphatic rings. The van der Waals surface area contributed by atoms with E-state index in [0.29, 0.717) is 17.9 Å². The van der Waals surface area contributed by atoms with Crippen LogP contribution in [0.3, 0.4) is 0 Å². The van der Waals surface area contributed by atoms with Gasteiger partial charge in [-0.3, -0.25) is 9.59 Å². The van der Waals surface area contributed by atoms with E-state index in [1.165, 1.54) is 0 Å². The van der Waals surface area contributed by atoms with Crippen LogP contribution in [0.1, 0.15) is 41.4 Å². The lowest BCUT2D eigenvalue weighted by molar-refractivity contribution is -0.160. The van der Waals surface area contributed by atoms with Gasteiger partial charge in [-0.2, -0.15) is 0 Å². The van der Waals surface area contributed by atoms with Crippen LogP contribution in [-0.4, -0.2) is 53.4 Å². The van der Waals surface area contributed by atoms with Crippen molar-refractivity contribution in [3.63, 3.8) is 0 Å². The van der Waals surface area contributed by atoms with Gasteiger partial charge in [0.25, 0.3) is 0 Å². The van der Waals surface area contributed by atoms with Crippen molar-refractivity contribution in [1.82, 2.24) is 14.8 Å². The molecule has 4 aromatic rings. The first-order valence-electron chi connectivity index (χ1n) is 12.5. The fourth-order valence-corrected chi connectivity index (χ4v) is 5.90. The van der Waals surface area contributed by atoms with E-state index in [-0.39, 0.29) is 24.4 Å². The molecule has 1 saturated heterocycles. The zero-order valence-corrected chi connectivity index (χ0v) is 21.1. The third-order valence-corrected chi connectivity index (χ3v) is 7.77. The number of benzene rings is 3. The fraction of sp³-hybridized carbons (Fsp3) is 0.267. The fourth-order valence-electron chi connectivity index (χ4n) is 5.90. The number of nitrogens with one attached hydrogen (secondary N) is 1. The first-order valence-corrected chi connectivity index (χ1v) is 12.5. The summed E-state index contributed by atoms with van der Waals surface area (Å²) < 4.78 is 11.3. The molecule has 6 rings (SSSR count). The summed E-state index contributed by atoms with van der Waals surface area (Å²) in [5.41, 5.74) is 4.74. The number of fused-ring (bicyclic) bond motifs is 4. The molecule has 7 heteroatoms. The van der Waals surface area contributed by atoms with Gasteiger partial charge in [0.2, 0.25) is 11.8 Å². The van der Waals surface area contributed by atoms with Gasteiger partial charge < -0.3 is 24.3 Å². The Bertz CT molecular complexity index is 1500. The smallest absolute Gasteiger partial charge is 0.246 e. The molecule has 0 saturated carbocycles. The summed E-state index contributed by atoms with van der Waals surface area (Å²) in [6.45, 7) is 2.00. The number of H-pyrrole nitrogens is 1. The van der Waals surface area contributed by atoms with E-state index in [1.54, 1.807) is 24.0 Å². The quantitative estimate of drug-likeness (QED) is 0.438. The Hall–Kier alpha value is -4.26. The van der Waals surface area contributed by atoms with Crippen molar-refractivity contribution < 1.29 is 19.1 Å². The number of carbonyl (C=O) groups is 2. The molecule has 2 aliphatic heterocycles. The number of ether oxygens (including phenoxy) is 2. The topological polar surface area (TPSA) is 74.9 Å². The van der Waals surface area contributed by atoms with Crippen molar-refractivity contribution in [2.75, 3.05) is 20.8 Å². The molecular formula is C30H29N3O4. The summed E-state index contributed by atoms with van der Waals surface area (Å²) in [6.07, 6.45) is 0.449. The lowest BCUT2D eigenvalue weighted by Gasteiger charge is -2.48. The average Bonchev–Trinajstić information content (AvgIpc) is 3.32. The first-order chi connectivity index (χ1) is 18.0. The monoisotopic (exact) mass is 495 g/mol. The third-order valence-electron chi connectivity index (χ3n) is 7.77. The lowest BCUT2D eigenvalue weighted by Crippen LogP contribution is -2.63. The number of hydrogen-bond donors (Lipinski definition) is 1. The van der Waals surface area contributed by atoms with Crippen molar-refractivity contribution >= 4 is 22.7 Å². The molecule has 0 aliphatic carbocycles. The predicted octanol–water partition coefficient (Wildman–Crippen LogP) is 4.63. The van der Waals surface area contributed by atoms with Crippen LogP contribution in [0, 0.1) is 0 Å². The highest BCUT2D eigenvalue weighted by Crippen LogP contribution is 2.46. The van der Waals surface area contributed by atoms with Crippen LogP contribution in [0.4, 0.5) is 0 Å². The summed E-state index contributed by atoms with van der Waals surface area (Å²) in [5.74, 6) is 1.16. The highest BCUT2D eigenvalue weighted by Gasteiger charge is 2.49. The second-order valence-corrected chi connectivity index (χ2v) is 9.65. The highest BCUT2D eigenvalue weighted by atomic mass is 16.5. The molecule has 1 fully saturated rings. The molecule has 37 heavy (non-hydrogen) atoms. The predicted molar refractivity (Wildman–Crippen MR) is 141 cm³/mol. The largest absolute Gasteiger partial charge is 0.497 e. The van der Waals surface area contributed by atoms with Gasteiger partial charge >= 0.3 is 0 Å². The Labute approximate surface area is 215 Å². The zero-order chi connectivity index (χ0) is 25.7. The normalized spacial score (nSPS) is 20.0. The van der Waals surface area contributed by atoms with Crippen molar-refractivity contribution in [1.29, 1.82) is 0 Å². The number of piperazine rings is 1. The summed E-state index contributed by atoms with van der Waals surface area (Å²) in [7, 11) is 3.23. The average molecular weight is 496 g/mol. The number of para-hydroxylation sites is 1. The van der Waals surface area contributed by atoms with Gasteiger partial charge in [0.15, 0.2) is 0 Å². The molecule has 1 aromatic heterocycles. The maximum Gasteiger partial charge on any atom is 0.246 e. The summed E-state index contributed by atoms with van der Waals surface area (Å²) in [4.78, 5) is 35.1. The number of carbonyl (C=O) groups excluding carboxylic acids is 2. The molecule has 3 atom stereocenters. The minimum atomic E-state index is -0.625. The number of hydrogen-bond acceptors (Lipinski definition) is 4. The zero-order valence-electron chi connectivity index (χ0n) is 21.1. The van der Waals surface area contributed by atoms with Crippen molar-refractivity contribution in [3.8, 4) is 11.5 Å². The van der Waals surface area contributed by atoms with E-state index < -0.39 is 12.1 Å². The maximum atomic E-state index is 14.1. The van der Waals surface area contributed by atoms with Crippen molar-refractivity contribution in [2.45, 2.75) is 31.5 Å². The standard InChI is InChI=1S/C30H29N3O4/c1-18(19-9-5-4-6-10-19)32-17-27(34)33-25(30(32)35)16-22-21-11-7-8-12-24(21)31-28(22)29(33)23-15-20(36-2)13-14-26(23)37-3/h4-15,18,25,29,31H,16-17H2,1-3H3/t18-,25-,29-/m0/s1. The van der Waals surface area contributed by atoms with Crippen molar-refractivity contribution in [2.24, 2.45) is 0 Å². The van der Waals surface area contributed by atoms with Crippen LogP contribution in [0.5, 0.6) is 11.5 Å². The Morgan fingerprint density at radius 3 is 2.46 bits per heavy atom. The Morgan fingerprint density at radius 2 is 1.70 bits per heavy atom. The maximum absolute atomic E-state index is 14.1. The highest BCUT2D eigenvalue weighted by molar-refractivity contribution is 5.98. The van der Waals surface area contributed by atoms with Gasteiger partial charge in [-0.1, -0.05) is 48.5 Å². The molecule has 7 nitrogen and oxygen atoms in total. The second kappa shape index (κ2) is 9.00. The molecule has 0 unspecified atom stereocenters. The summed E-state index contributed by atoms with van der Waals surface area (Å²) >= 11 is 0. The van der Waals surface area contributed by atoms with Gasteiger partial charge in [-0.15, -0.1) is 0 Å². The van der Waals surface area contributed by atoms with Crippen LogP contribution in [-0.2, 0) is 16.0 Å². The third kappa shape index (κ3) is 3.65. The van der Waals surface area contributed by atoms with E-state index in [2.05, 4.69) is 11.1 Å². The summed E-state index contributed by atoms with van der Waals surface area (Å²) in [6, 6.07) is 22.2. The minimum absolute atomic E-state index is 0.0176. The van der Waals surface area contributed by atoms with Crippen LogP contribution >= 0.6 is 0 Å². The second-order valence-electron chi connectivity index (χ2n) is 9.65. The number of aromatic amines is 1. The Balaban J connectivity index is 1.52. The van der Waals surface area contributed by atoms with Gasteiger partial charge in [0.05, 0.1) is 20.3 Å². The van der Waals surface area contributed by atoms with E-state index in [0.717, 1.165) is 33.3 Å². The molecule has 0 spiro atoms. The number of nitrogens with zero attached hydrogens (tertiary/aromatic N) is 2. The molecule has 3 heterocycles. The number of rotatable bonds is 5. The molecule has 0 radical (unpaired) electrons. The van der Waals surface area contributed by atoms with E-state index in [1.807, 2.05) is 73.7 Å². The first kappa shape index (κ1) is 23.2. The number of methoxy groups -OCH3 is 2. The van der Waals surface area contributed by atoms with Gasteiger partial charge in [0.1, 0.15) is 30.1 Å².